The molecule has 1 saturated carbocycles. The van der Waals surface area contributed by atoms with Gasteiger partial charge in [-0.05, 0) is 56.7 Å². The van der Waals surface area contributed by atoms with E-state index in [4.69, 9.17) is 4.74 Å². The maximum absolute atomic E-state index is 5.98. The Balaban J connectivity index is 1.61. The zero-order valence-electron chi connectivity index (χ0n) is 11.3. The molecular formula is C16H22N2O. The van der Waals surface area contributed by atoms with Crippen molar-refractivity contribution >= 4 is 6.08 Å². The molecule has 1 aromatic heterocycles. The van der Waals surface area contributed by atoms with E-state index in [1.54, 1.807) is 0 Å². The van der Waals surface area contributed by atoms with Crippen LogP contribution in [-0.2, 0) is 0 Å². The van der Waals surface area contributed by atoms with Crippen LogP contribution in [0.5, 0.6) is 5.75 Å². The average molecular weight is 258 g/mol. The molecule has 0 radical (unpaired) electrons. The van der Waals surface area contributed by atoms with Crippen LogP contribution in [0.3, 0.4) is 0 Å². The van der Waals surface area contributed by atoms with Crippen LogP contribution >= 0.6 is 0 Å². The number of aromatic nitrogens is 1. The summed E-state index contributed by atoms with van der Waals surface area (Å²) >= 11 is 0. The number of nitrogens with zero attached hydrogens (tertiary/aromatic N) is 1. The highest BCUT2D eigenvalue weighted by atomic mass is 16.5. The van der Waals surface area contributed by atoms with Crippen molar-refractivity contribution in [2.24, 2.45) is 0 Å². The lowest BCUT2D eigenvalue weighted by Crippen LogP contribution is -2.17. The molecule has 1 aliphatic heterocycles. The van der Waals surface area contributed by atoms with Crippen molar-refractivity contribution in [2.75, 3.05) is 6.54 Å². The normalized spacial score (nSPS) is 24.3. The standard InChI is InChI=1S/C16H22N2O/c1-2-6-15(5-1)19-16-10-13(11-17-12-16)7-8-14-4-3-9-18-14/h7-8,10-12,14-15,18H,1-6,9H2/t14-/m0/s1. The summed E-state index contributed by atoms with van der Waals surface area (Å²) in [4.78, 5) is 4.28. The highest BCUT2D eigenvalue weighted by molar-refractivity contribution is 5.50. The summed E-state index contributed by atoms with van der Waals surface area (Å²) in [5.41, 5.74) is 1.13. The fourth-order valence-corrected chi connectivity index (χ4v) is 2.89. The monoisotopic (exact) mass is 258 g/mol. The summed E-state index contributed by atoms with van der Waals surface area (Å²) in [5, 5.41) is 3.46. The highest BCUT2D eigenvalue weighted by Gasteiger charge is 2.16. The van der Waals surface area contributed by atoms with Crippen LogP contribution in [0.2, 0.25) is 0 Å². The number of ether oxygens (including phenoxy) is 1. The Morgan fingerprint density at radius 3 is 2.84 bits per heavy atom. The first-order valence-corrected chi connectivity index (χ1v) is 7.43. The molecule has 0 spiro atoms. The van der Waals surface area contributed by atoms with Gasteiger partial charge >= 0.3 is 0 Å². The Morgan fingerprint density at radius 2 is 2.05 bits per heavy atom. The Hall–Kier alpha value is -1.35. The molecule has 0 amide bonds. The van der Waals surface area contributed by atoms with Crippen LogP contribution in [0.25, 0.3) is 6.08 Å². The first-order chi connectivity index (χ1) is 9.40. The van der Waals surface area contributed by atoms with Gasteiger partial charge in [-0.3, -0.25) is 4.98 Å². The molecule has 3 heteroatoms. The molecule has 19 heavy (non-hydrogen) atoms. The van der Waals surface area contributed by atoms with Gasteiger partial charge in [0.15, 0.2) is 0 Å². The van der Waals surface area contributed by atoms with Gasteiger partial charge < -0.3 is 10.1 Å². The predicted molar refractivity (Wildman–Crippen MR) is 77.2 cm³/mol. The van der Waals surface area contributed by atoms with Crippen LogP contribution in [0, 0.1) is 0 Å². The van der Waals surface area contributed by atoms with Crippen molar-refractivity contribution in [3.8, 4) is 5.75 Å². The van der Waals surface area contributed by atoms with Crippen molar-refractivity contribution in [1.29, 1.82) is 0 Å². The second-order valence-corrected chi connectivity index (χ2v) is 5.54. The van der Waals surface area contributed by atoms with E-state index in [1.165, 1.54) is 38.5 Å². The van der Waals surface area contributed by atoms with Gasteiger partial charge in [0.1, 0.15) is 5.75 Å². The van der Waals surface area contributed by atoms with E-state index in [2.05, 4.69) is 28.5 Å². The van der Waals surface area contributed by atoms with Crippen LogP contribution in [0.1, 0.15) is 44.1 Å². The summed E-state index contributed by atoms with van der Waals surface area (Å²) < 4.78 is 5.98. The maximum Gasteiger partial charge on any atom is 0.138 e. The van der Waals surface area contributed by atoms with Crippen LogP contribution in [0.15, 0.2) is 24.5 Å². The summed E-state index contributed by atoms with van der Waals surface area (Å²) in [6, 6.07) is 2.62. The van der Waals surface area contributed by atoms with Gasteiger partial charge in [-0.25, -0.2) is 0 Å². The van der Waals surface area contributed by atoms with Gasteiger partial charge in [0.05, 0.1) is 12.3 Å². The summed E-state index contributed by atoms with van der Waals surface area (Å²) in [5.74, 6) is 0.911. The minimum Gasteiger partial charge on any atom is -0.489 e. The molecule has 2 fully saturated rings. The molecule has 0 unspecified atom stereocenters. The summed E-state index contributed by atoms with van der Waals surface area (Å²) in [6.07, 6.45) is 16.0. The van der Waals surface area contributed by atoms with Gasteiger partial charge in [0.2, 0.25) is 0 Å². The predicted octanol–water partition coefficient (Wildman–Crippen LogP) is 3.17. The van der Waals surface area contributed by atoms with Crippen LogP contribution < -0.4 is 10.1 Å². The Bertz CT molecular complexity index is 432. The second kappa shape index (κ2) is 6.20. The van der Waals surface area contributed by atoms with E-state index >= 15 is 0 Å². The van der Waals surface area contributed by atoms with Crippen LogP contribution in [0.4, 0.5) is 0 Å². The van der Waals surface area contributed by atoms with E-state index < -0.39 is 0 Å². The quantitative estimate of drug-likeness (QED) is 0.900. The van der Waals surface area contributed by atoms with Crippen molar-refractivity contribution in [3.05, 3.63) is 30.1 Å². The van der Waals surface area contributed by atoms with Crippen molar-refractivity contribution in [3.63, 3.8) is 0 Å². The summed E-state index contributed by atoms with van der Waals surface area (Å²) in [6.45, 7) is 1.14. The minimum atomic E-state index is 0.400. The van der Waals surface area contributed by atoms with Crippen molar-refractivity contribution in [1.82, 2.24) is 10.3 Å². The van der Waals surface area contributed by atoms with E-state index in [0.717, 1.165) is 17.9 Å². The third-order valence-electron chi connectivity index (χ3n) is 3.96. The highest BCUT2D eigenvalue weighted by Crippen LogP contribution is 2.24. The lowest BCUT2D eigenvalue weighted by Gasteiger charge is -2.12. The van der Waals surface area contributed by atoms with E-state index in [-0.39, 0.29) is 0 Å². The SMILES string of the molecule is C(=C[C@@H]1CCCN1)c1cncc(OC2CCCC2)c1. The zero-order chi connectivity index (χ0) is 12.9. The van der Waals surface area contributed by atoms with E-state index in [0.29, 0.717) is 12.1 Å². The fourth-order valence-electron chi connectivity index (χ4n) is 2.89. The van der Waals surface area contributed by atoms with Gasteiger partial charge in [-0.1, -0.05) is 12.2 Å². The number of hydrogen-bond acceptors (Lipinski definition) is 3. The minimum absolute atomic E-state index is 0.400. The van der Waals surface area contributed by atoms with Gasteiger partial charge in [0.25, 0.3) is 0 Å². The molecule has 0 aromatic carbocycles. The zero-order valence-corrected chi connectivity index (χ0v) is 11.3. The first kappa shape index (κ1) is 12.7. The van der Waals surface area contributed by atoms with Gasteiger partial charge in [-0.2, -0.15) is 0 Å². The first-order valence-electron chi connectivity index (χ1n) is 7.43. The Labute approximate surface area is 115 Å². The smallest absolute Gasteiger partial charge is 0.138 e. The molecule has 3 nitrogen and oxygen atoms in total. The second-order valence-electron chi connectivity index (χ2n) is 5.54. The van der Waals surface area contributed by atoms with E-state index in [9.17, 15) is 0 Å². The average Bonchev–Trinajstić information content (AvgIpc) is 3.10. The third kappa shape index (κ3) is 3.57. The molecule has 2 aliphatic rings. The number of rotatable bonds is 4. The number of hydrogen-bond donors (Lipinski definition) is 1. The van der Waals surface area contributed by atoms with Crippen LogP contribution in [-0.4, -0.2) is 23.7 Å². The molecule has 0 bridgehead atoms. The molecule has 1 aromatic rings. The largest absolute Gasteiger partial charge is 0.489 e. The summed E-state index contributed by atoms with van der Waals surface area (Å²) in [7, 11) is 0. The molecule has 1 aliphatic carbocycles. The third-order valence-corrected chi connectivity index (χ3v) is 3.96. The lowest BCUT2D eigenvalue weighted by atomic mass is 10.2. The lowest BCUT2D eigenvalue weighted by molar-refractivity contribution is 0.209. The molecule has 1 atom stereocenters. The molecule has 1 saturated heterocycles. The van der Waals surface area contributed by atoms with Gasteiger partial charge in [-0.15, -0.1) is 0 Å². The maximum atomic E-state index is 5.98. The van der Waals surface area contributed by atoms with Gasteiger partial charge in [0, 0.05) is 12.2 Å². The topological polar surface area (TPSA) is 34.2 Å². The molecular weight excluding hydrogens is 236 g/mol. The molecule has 2 heterocycles. The molecule has 1 N–H and O–H groups in total. The van der Waals surface area contributed by atoms with E-state index in [1.807, 2.05) is 12.4 Å². The Morgan fingerprint density at radius 1 is 1.16 bits per heavy atom. The molecule has 102 valence electrons. The molecule has 3 rings (SSSR count). The number of pyridine rings is 1. The van der Waals surface area contributed by atoms with Crippen molar-refractivity contribution < 1.29 is 4.74 Å². The fraction of sp³-hybridized carbons (Fsp3) is 0.562. The Kier molecular flexibility index (Phi) is 4.13. The van der Waals surface area contributed by atoms with Crippen molar-refractivity contribution in [2.45, 2.75) is 50.7 Å². The number of nitrogens with one attached hydrogen (secondary N) is 1.